The second kappa shape index (κ2) is 8.71. The van der Waals surface area contributed by atoms with Gasteiger partial charge in [0.25, 0.3) is 0 Å². The van der Waals surface area contributed by atoms with Crippen LogP contribution in [0.3, 0.4) is 0 Å². The monoisotopic (exact) mass is 467 g/mol. The van der Waals surface area contributed by atoms with Crippen molar-refractivity contribution in [3.63, 3.8) is 0 Å². The maximum Gasteiger partial charge on any atom is 0.211 e. The van der Waals surface area contributed by atoms with Gasteiger partial charge in [0.1, 0.15) is 10.7 Å². The molecular weight excluding hydrogens is 445 g/mol. The summed E-state index contributed by atoms with van der Waals surface area (Å²) in [6, 6.07) is 15.3. The Labute approximate surface area is 190 Å². The van der Waals surface area contributed by atoms with Crippen molar-refractivity contribution < 1.29 is 22.3 Å². The highest BCUT2D eigenvalue weighted by molar-refractivity contribution is 7.91. The largest absolute Gasteiger partial charge is 0.493 e. The van der Waals surface area contributed by atoms with Crippen LogP contribution < -0.4 is 14.9 Å². The molecule has 4 aromatic rings. The molecule has 0 aliphatic rings. The number of hydrogen-bond acceptors (Lipinski definition) is 5. The van der Waals surface area contributed by atoms with E-state index in [9.17, 15) is 17.6 Å². The van der Waals surface area contributed by atoms with Gasteiger partial charge in [0, 0.05) is 18.8 Å². The van der Waals surface area contributed by atoms with Gasteiger partial charge in [-0.25, -0.2) is 12.8 Å². The van der Waals surface area contributed by atoms with Crippen LogP contribution in [0.1, 0.15) is 11.1 Å². The van der Waals surface area contributed by atoms with Crippen molar-refractivity contribution in [3.8, 4) is 11.5 Å². The summed E-state index contributed by atoms with van der Waals surface area (Å²) in [6.45, 7) is 2.06. The van der Waals surface area contributed by atoms with E-state index < -0.39 is 15.3 Å². The predicted molar refractivity (Wildman–Crippen MR) is 123 cm³/mol. The summed E-state index contributed by atoms with van der Waals surface area (Å²) >= 11 is 0. The van der Waals surface area contributed by atoms with Crippen molar-refractivity contribution >= 4 is 20.7 Å². The van der Waals surface area contributed by atoms with Crippen LogP contribution in [-0.4, -0.2) is 27.2 Å². The van der Waals surface area contributed by atoms with Crippen LogP contribution in [0.2, 0.25) is 0 Å². The number of benzene rings is 3. The SMILES string of the molecule is COc1cc2c(=O)c(S(=O)(=O)c3ccc(C)cc3)cn(Cc3ccc(F)cc3)c2cc1OC. The third kappa shape index (κ3) is 4.21. The van der Waals surface area contributed by atoms with Crippen molar-refractivity contribution in [1.29, 1.82) is 0 Å². The Balaban J connectivity index is 2.01. The molecule has 0 N–H and O–H groups in total. The number of aryl methyl sites for hydroxylation is 1. The first-order valence-electron chi connectivity index (χ1n) is 10.1. The minimum atomic E-state index is -4.10. The van der Waals surface area contributed by atoms with Crippen LogP contribution in [0.4, 0.5) is 4.39 Å². The van der Waals surface area contributed by atoms with Gasteiger partial charge in [0.05, 0.1) is 30.0 Å². The van der Waals surface area contributed by atoms with Gasteiger partial charge in [-0.05, 0) is 42.8 Å². The molecule has 1 heterocycles. The fraction of sp³-hybridized carbons (Fsp3) is 0.160. The molecule has 0 amide bonds. The van der Waals surface area contributed by atoms with E-state index in [2.05, 4.69) is 0 Å². The summed E-state index contributed by atoms with van der Waals surface area (Å²) in [5.41, 5.74) is 1.46. The molecular formula is C25H22FNO5S. The fourth-order valence-electron chi connectivity index (χ4n) is 3.64. The van der Waals surface area contributed by atoms with Crippen LogP contribution in [0.25, 0.3) is 10.9 Å². The zero-order valence-corrected chi connectivity index (χ0v) is 19.1. The number of sulfone groups is 1. The molecule has 33 heavy (non-hydrogen) atoms. The zero-order valence-electron chi connectivity index (χ0n) is 18.3. The summed E-state index contributed by atoms with van der Waals surface area (Å²) in [5.74, 6) is 0.323. The number of fused-ring (bicyclic) bond motifs is 1. The third-order valence-electron chi connectivity index (χ3n) is 5.44. The highest BCUT2D eigenvalue weighted by Gasteiger charge is 2.25. The van der Waals surface area contributed by atoms with Crippen molar-refractivity contribution in [2.45, 2.75) is 23.3 Å². The molecule has 1 aromatic heterocycles. The Hall–Kier alpha value is -3.65. The number of nitrogens with zero attached hydrogens (tertiary/aromatic N) is 1. The van der Waals surface area contributed by atoms with Crippen LogP contribution in [0.5, 0.6) is 11.5 Å². The molecule has 0 radical (unpaired) electrons. The maximum atomic E-state index is 13.4. The molecule has 0 spiro atoms. The molecule has 8 heteroatoms. The minimum absolute atomic E-state index is 0.0263. The van der Waals surface area contributed by atoms with E-state index in [1.165, 1.54) is 50.7 Å². The number of hydrogen-bond donors (Lipinski definition) is 0. The van der Waals surface area contributed by atoms with E-state index in [0.717, 1.165) is 11.1 Å². The first kappa shape index (κ1) is 22.5. The van der Waals surface area contributed by atoms with Crippen molar-refractivity contribution in [3.05, 3.63) is 94.0 Å². The first-order chi connectivity index (χ1) is 15.7. The average Bonchev–Trinajstić information content (AvgIpc) is 2.81. The number of ether oxygens (including phenoxy) is 2. The average molecular weight is 468 g/mol. The Kier molecular flexibility index (Phi) is 5.95. The van der Waals surface area contributed by atoms with Gasteiger partial charge in [0.2, 0.25) is 15.3 Å². The number of pyridine rings is 1. The summed E-state index contributed by atoms with van der Waals surface area (Å²) < 4.78 is 52.6. The van der Waals surface area contributed by atoms with Gasteiger partial charge >= 0.3 is 0 Å². The lowest BCUT2D eigenvalue weighted by atomic mass is 10.1. The van der Waals surface area contributed by atoms with Crippen molar-refractivity contribution in [2.75, 3.05) is 14.2 Å². The standard InChI is InChI=1S/C25H22FNO5S/c1-16-4-10-19(11-5-16)33(29,30)24-15-27(14-17-6-8-18(26)9-7-17)21-13-23(32-3)22(31-2)12-20(21)25(24)28/h4-13,15H,14H2,1-3H3. The number of aromatic nitrogens is 1. The Morgan fingerprint density at radius 1 is 0.909 bits per heavy atom. The normalized spacial score (nSPS) is 11.5. The van der Waals surface area contributed by atoms with Gasteiger partial charge in [-0.2, -0.15) is 0 Å². The van der Waals surface area contributed by atoms with Crippen LogP contribution in [0.15, 0.2) is 81.4 Å². The lowest BCUT2D eigenvalue weighted by Gasteiger charge is -2.16. The molecule has 0 aliphatic heterocycles. The molecule has 0 saturated heterocycles. The molecule has 3 aromatic carbocycles. The number of rotatable bonds is 6. The summed E-state index contributed by atoms with van der Waals surface area (Å²) in [6.07, 6.45) is 1.33. The molecule has 0 saturated carbocycles. The van der Waals surface area contributed by atoms with E-state index in [0.29, 0.717) is 17.0 Å². The Morgan fingerprint density at radius 2 is 1.52 bits per heavy atom. The molecule has 0 fully saturated rings. The Bertz CT molecular complexity index is 1490. The van der Waals surface area contributed by atoms with Gasteiger partial charge in [0.15, 0.2) is 11.5 Å². The smallest absolute Gasteiger partial charge is 0.211 e. The van der Waals surface area contributed by atoms with Crippen LogP contribution in [-0.2, 0) is 16.4 Å². The highest BCUT2D eigenvalue weighted by atomic mass is 32.2. The summed E-state index contributed by atoms with van der Waals surface area (Å²) in [4.78, 5) is 13.1. The zero-order chi connectivity index (χ0) is 23.8. The summed E-state index contributed by atoms with van der Waals surface area (Å²) in [5, 5.41) is 0.169. The van der Waals surface area contributed by atoms with Gasteiger partial charge in [-0.15, -0.1) is 0 Å². The fourth-order valence-corrected chi connectivity index (χ4v) is 5.01. The molecule has 0 unspecified atom stereocenters. The summed E-state index contributed by atoms with van der Waals surface area (Å²) in [7, 11) is -1.19. The number of methoxy groups -OCH3 is 2. The van der Waals surface area contributed by atoms with Crippen molar-refractivity contribution in [1.82, 2.24) is 4.57 Å². The molecule has 0 bridgehead atoms. The lowest BCUT2D eigenvalue weighted by molar-refractivity contribution is 0.355. The first-order valence-corrected chi connectivity index (χ1v) is 11.6. The second-order valence-corrected chi connectivity index (χ2v) is 9.54. The molecule has 0 aliphatic carbocycles. The van der Waals surface area contributed by atoms with Crippen LogP contribution in [0, 0.1) is 12.7 Å². The maximum absolute atomic E-state index is 13.4. The van der Waals surface area contributed by atoms with E-state index >= 15 is 0 Å². The topological polar surface area (TPSA) is 74.6 Å². The minimum Gasteiger partial charge on any atom is -0.493 e. The van der Waals surface area contributed by atoms with E-state index in [4.69, 9.17) is 9.47 Å². The van der Waals surface area contributed by atoms with Crippen molar-refractivity contribution in [2.24, 2.45) is 0 Å². The van der Waals surface area contributed by atoms with Gasteiger partial charge < -0.3 is 14.0 Å². The van der Waals surface area contributed by atoms with E-state index in [-0.39, 0.29) is 27.5 Å². The van der Waals surface area contributed by atoms with Gasteiger partial charge in [-0.3, -0.25) is 4.79 Å². The quantitative estimate of drug-likeness (QED) is 0.422. The lowest BCUT2D eigenvalue weighted by Crippen LogP contribution is -2.20. The number of halogens is 1. The molecule has 0 atom stereocenters. The second-order valence-electron chi connectivity index (χ2n) is 7.62. The molecule has 170 valence electrons. The predicted octanol–water partition coefficient (Wildman–Crippen LogP) is 4.35. The molecule has 6 nitrogen and oxygen atoms in total. The van der Waals surface area contributed by atoms with Crippen LogP contribution >= 0.6 is 0 Å². The Morgan fingerprint density at radius 3 is 2.12 bits per heavy atom. The van der Waals surface area contributed by atoms with E-state index in [1.807, 2.05) is 6.92 Å². The van der Waals surface area contributed by atoms with Gasteiger partial charge in [-0.1, -0.05) is 29.8 Å². The third-order valence-corrected chi connectivity index (χ3v) is 7.20. The van der Waals surface area contributed by atoms with E-state index in [1.54, 1.807) is 34.9 Å². The highest BCUT2D eigenvalue weighted by Crippen LogP contribution is 2.32. The molecule has 4 rings (SSSR count).